The summed E-state index contributed by atoms with van der Waals surface area (Å²) in [4.78, 5) is 11.7. The summed E-state index contributed by atoms with van der Waals surface area (Å²) in [6.07, 6.45) is 6.38. The number of carbonyl (C=O) groups is 1. The number of allylic oxidation sites excluding steroid dienone is 3. The zero-order chi connectivity index (χ0) is 14.1. The lowest BCUT2D eigenvalue weighted by molar-refractivity contribution is -0.120. The molecule has 3 heteroatoms. The van der Waals surface area contributed by atoms with Crippen LogP contribution in [0, 0.1) is 0 Å². The summed E-state index contributed by atoms with van der Waals surface area (Å²) in [7, 11) is 0. The minimum atomic E-state index is -0.0345. The van der Waals surface area contributed by atoms with Crippen LogP contribution in [0.4, 0.5) is 0 Å². The van der Waals surface area contributed by atoms with E-state index in [1.54, 1.807) is 36.4 Å². The van der Waals surface area contributed by atoms with Crippen LogP contribution in [-0.4, -0.2) is 17.6 Å². The number of hydrogen-bond donors (Lipinski definition) is 2. The Kier molecular flexibility index (Phi) is 6.16. The largest absolute Gasteiger partial charge is 0.508 e. The highest BCUT2D eigenvalue weighted by atomic mass is 16.3. The molecule has 0 aliphatic carbocycles. The van der Waals surface area contributed by atoms with E-state index in [1.807, 2.05) is 6.08 Å². The predicted octanol–water partition coefficient (Wildman–Crippen LogP) is 2.74. The van der Waals surface area contributed by atoms with Gasteiger partial charge in [0.25, 0.3) is 0 Å². The molecule has 0 radical (unpaired) electrons. The molecular weight excluding hydrogens is 238 g/mol. The minimum absolute atomic E-state index is 0.0345. The fourth-order valence-corrected chi connectivity index (χ4v) is 1.61. The molecule has 0 bridgehead atoms. The molecule has 1 aromatic rings. The van der Waals surface area contributed by atoms with Gasteiger partial charge in [0.05, 0.1) is 6.42 Å². The summed E-state index contributed by atoms with van der Waals surface area (Å²) in [6, 6.07) is 6.62. The Bertz CT molecular complexity index is 472. The van der Waals surface area contributed by atoms with Gasteiger partial charge in [-0.1, -0.05) is 43.5 Å². The monoisotopic (exact) mass is 257 g/mol. The molecule has 100 valence electrons. The first-order chi connectivity index (χ1) is 9.15. The van der Waals surface area contributed by atoms with Gasteiger partial charge in [0, 0.05) is 6.54 Å². The van der Waals surface area contributed by atoms with Gasteiger partial charge in [-0.2, -0.15) is 0 Å². The average Bonchev–Trinajstić information content (AvgIpc) is 2.40. The summed E-state index contributed by atoms with van der Waals surface area (Å²) < 4.78 is 0. The molecule has 19 heavy (non-hydrogen) atoms. The maximum Gasteiger partial charge on any atom is 0.224 e. The van der Waals surface area contributed by atoms with Crippen LogP contribution in [-0.2, 0) is 11.2 Å². The Morgan fingerprint density at radius 3 is 2.53 bits per heavy atom. The molecule has 0 unspecified atom stereocenters. The van der Waals surface area contributed by atoms with E-state index in [2.05, 4.69) is 18.5 Å². The van der Waals surface area contributed by atoms with E-state index in [1.165, 1.54) is 0 Å². The second-order valence-corrected chi connectivity index (χ2v) is 4.12. The lowest BCUT2D eigenvalue weighted by Crippen LogP contribution is -2.26. The van der Waals surface area contributed by atoms with E-state index in [0.29, 0.717) is 13.0 Å². The van der Waals surface area contributed by atoms with Gasteiger partial charge >= 0.3 is 0 Å². The van der Waals surface area contributed by atoms with Crippen molar-refractivity contribution in [2.75, 3.05) is 6.54 Å². The van der Waals surface area contributed by atoms with Crippen LogP contribution in [0.15, 0.2) is 61.2 Å². The molecular formula is C16H19NO2. The van der Waals surface area contributed by atoms with E-state index in [4.69, 9.17) is 5.11 Å². The second kappa shape index (κ2) is 7.93. The molecule has 3 nitrogen and oxygen atoms in total. The topological polar surface area (TPSA) is 49.3 Å². The summed E-state index contributed by atoms with van der Waals surface area (Å²) >= 11 is 0. The van der Waals surface area contributed by atoms with E-state index < -0.39 is 0 Å². The van der Waals surface area contributed by atoms with Crippen LogP contribution in [0.1, 0.15) is 12.0 Å². The average molecular weight is 257 g/mol. The van der Waals surface area contributed by atoms with Crippen molar-refractivity contribution in [3.63, 3.8) is 0 Å². The molecule has 0 atom stereocenters. The highest BCUT2D eigenvalue weighted by molar-refractivity contribution is 5.78. The molecule has 1 amide bonds. The molecule has 0 aliphatic rings. The van der Waals surface area contributed by atoms with Crippen LogP contribution in [0.5, 0.6) is 5.75 Å². The SMILES string of the molecule is C=C/C=C(\C=C)CCNC(=O)Cc1ccc(O)cc1. The van der Waals surface area contributed by atoms with Crippen molar-refractivity contribution >= 4 is 5.91 Å². The van der Waals surface area contributed by atoms with E-state index >= 15 is 0 Å². The first-order valence-corrected chi connectivity index (χ1v) is 6.14. The predicted molar refractivity (Wildman–Crippen MR) is 77.9 cm³/mol. The van der Waals surface area contributed by atoms with Crippen molar-refractivity contribution in [1.29, 1.82) is 0 Å². The van der Waals surface area contributed by atoms with Gasteiger partial charge in [0.2, 0.25) is 5.91 Å². The Balaban J connectivity index is 2.36. The minimum Gasteiger partial charge on any atom is -0.508 e. The summed E-state index contributed by atoms with van der Waals surface area (Å²) in [5.74, 6) is 0.169. The third-order valence-electron chi connectivity index (χ3n) is 2.63. The first kappa shape index (κ1) is 14.8. The number of aromatic hydroxyl groups is 1. The standard InChI is InChI=1S/C16H19NO2/c1-3-5-13(4-2)10-11-17-16(19)12-14-6-8-15(18)9-7-14/h3-9,18H,1-2,10-12H2,(H,17,19)/b13-5+. The van der Waals surface area contributed by atoms with Gasteiger partial charge in [-0.15, -0.1) is 0 Å². The van der Waals surface area contributed by atoms with Crippen molar-refractivity contribution in [1.82, 2.24) is 5.32 Å². The molecule has 0 heterocycles. The van der Waals surface area contributed by atoms with Gasteiger partial charge in [0.15, 0.2) is 0 Å². The highest BCUT2D eigenvalue weighted by Crippen LogP contribution is 2.10. The van der Waals surface area contributed by atoms with Gasteiger partial charge < -0.3 is 10.4 Å². The molecule has 2 N–H and O–H groups in total. The zero-order valence-electron chi connectivity index (χ0n) is 10.9. The van der Waals surface area contributed by atoms with Gasteiger partial charge in [0.1, 0.15) is 5.75 Å². The van der Waals surface area contributed by atoms with Crippen molar-refractivity contribution < 1.29 is 9.90 Å². The van der Waals surface area contributed by atoms with Crippen LogP contribution in [0.3, 0.4) is 0 Å². The zero-order valence-corrected chi connectivity index (χ0v) is 10.9. The van der Waals surface area contributed by atoms with Gasteiger partial charge in [-0.05, 0) is 29.7 Å². The molecule has 0 aliphatic heterocycles. The van der Waals surface area contributed by atoms with Gasteiger partial charge in [-0.25, -0.2) is 0 Å². The smallest absolute Gasteiger partial charge is 0.224 e. The third-order valence-corrected chi connectivity index (χ3v) is 2.63. The van der Waals surface area contributed by atoms with Crippen molar-refractivity contribution in [2.45, 2.75) is 12.8 Å². The Morgan fingerprint density at radius 2 is 1.95 bits per heavy atom. The number of amides is 1. The number of carbonyl (C=O) groups excluding carboxylic acids is 1. The lowest BCUT2D eigenvalue weighted by Gasteiger charge is -2.06. The van der Waals surface area contributed by atoms with Crippen LogP contribution < -0.4 is 5.32 Å². The fourth-order valence-electron chi connectivity index (χ4n) is 1.61. The highest BCUT2D eigenvalue weighted by Gasteiger charge is 2.03. The quantitative estimate of drug-likeness (QED) is 0.738. The molecule has 1 rings (SSSR count). The Labute approximate surface area is 114 Å². The maximum absolute atomic E-state index is 11.7. The van der Waals surface area contributed by atoms with Gasteiger partial charge in [-0.3, -0.25) is 4.79 Å². The molecule has 0 saturated heterocycles. The van der Waals surface area contributed by atoms with Crippen molar-refractivity contribution in [3.8, 4) is 5.75 Å². The summed E-state index contributed by atoms with van der Waals surface area (Å²) in [6.45, 7) is 7.90. The maximum atomic E-state index is 11.7. The first-order valence-electron chi connectivity index (χ1n) is 6.14. The Morgan fingerprint density at radius 1 is 1.26 bits per heavy atom. The lowest BCUT2D eigenvalue weighted by atomic mass is 10.1. The molecule has 0 saturated carbocycles. The number of phenols is 1. The Hall–Kier alpha value is -2.29. The number of hydrogen-bond acceptors (Lipinski definition) is 2. The summed E-state index contributed by atoms with van der Waals surface area (Å²) in [5, 5.41) is 12.0. The number of nitrogens with one attached hydrogen (secondary N) is 1. The van der Waals surface area contributed by atoms with Crippen LogP contribution in [0.25, 0.3) is 0 Å². The summed E-state index contributed by atoms with van der Waals surface area (Å²) in [5.41, 5.74) is 1.92. The van der Waals surface area contributed by atoms with Crippen molar-refractivity contribution in [2.24, 2.45) is 0 Å². The molecule has 0 spiro atoms. The van der Waals surface area contributed by atoms with E-state index in [-0.39, 0.29) is 11.7 Å². The molecule has 1 aromatic carbocycles. The van der Waals surface area contributed by atoms with Crippen LogP contribution >= 0.6 is 0 Å². The van der Waals surface area contributed by atoms with E-state index in [9.17, 15) is 4.79 Å². The number of benzene rings is 1. The van der Waals surface area contributed by atoms with Crippen LogP contribution in [0.2, 0.25) is 0 Å². The third kappa shape index (κ3) is 5.73. The molecule has 0 fully saturated rings. The second-order valence-electron chi connectivity index (χ2n) is 4.12. The molecule has 0 aromatic heterocycles. The normalized spacial score (nSPS) is 10.8. The van der Waals surface area contributed by atoms with Crippen molar-refractivity contribution in [3.05, 3.63) is 66.8 Å². The number of phenolic OH excluding ortho intramolecular Hbond substituents is 1. The number of rotatable bonds is 7. The fraction of sp³-hybridized carbons (Fsp3) is 0.188. The van der Waals surface area contributed by atoms with E-state index in [0.717, 1.165) is 17.6 Å².